The topological polar surface area (TPSA) is 98.2 Å². The molecule has 3 unspecified atom stereocenters. The molecule has 7 nitrogen and oxygen atoms in total. The highest BCUT2D eigenvalue weighted by Gasteiger charge is 2.76. The van der Waals surface area contributed by atoms with E-state index in [1.54, 1.807) is 30.3 Å². The summed E-state index contributed by atoms with van der Waals surface area (Å²) in [6.07, 6.45) is 2.08. The fraction of sp³-hybridized carbons (Fsp3) is 0.542. The highest BCUT2D eigenvalue weighted by molar-refractivity contribution is 9.09. The number of hydrogen-bond acceptors (Lipinski definition) is 5. The van der Waals surface area contributed by atoms with Crippen LogP contribution in [0.5, 0.6) is 0 Å². The third kappa shape index (κ3) is 3.70. The monoisotopic (exact) mass is 570 g/mol. The Balaban J connectivity index is 1.88. The number of fused-ring (bicyclic) bond motifs is 1. The van der Waals surface area contributed by atoms with Crippen LogP contribution < -0.4 is 4.90 Å². The molecule has 34 heavy (non-hydrogen) atoms. The number of thioether (sulfide) groups is 1. The summed E-state index contributed by atoms with van der Waals surface area (Å²) in [6, 6.07) is 5.40. The second-order valence-corrected chi connectivity index (χ2v) is 12.6. The number of likely N-dealkylation sites (tertiary alicyclic amines) is 1. The van der Waals surface area contributed by atoms with Crippen LogP contribution in [0.4, 0.5) is 5.69 Å². The van der Waals surface area contributed by atoms with Crippen molar-refractivity contribution in [2.75, 3.05) is 18.1 Å². The van der Waals surface area contributed by atoms with Crippen molar-refractivity contribution in [2.24, 2.45) is 17.8 Å². The Morgan fingerprint density at radius 1 is 1.41 bits per heavy atom. The first-order valence-corrected chi connectivity index (χ1v) is 13.4. The van der Waals surface area contributed by atoms with Gasteiger partial charge >= 0.3 is 5.97 Å². The van der Waals surface area contributed by atoms with Gasteiger partial charge in [-0.25, -0.2) is 0 Å². The molecular weight excluding hydrogens is 544 g/mol. The lowest BCUT2D eigenvalue weighted by Gasteiger charge is -2.41. The first kappa shape index (κ1) is 25.5. The van der Waals surface area contributed by atoms with E-state index in [-0.39, 0.29) is 41.0 Å². The Morgan fingerprint density at radius 3 is 2.65 bits per heavy atom. The molecule has 10 heteroatoms. The number of hydrogen-bond donors (Lipinski definition) is 2. The second-order valence-electron chi connectivity index (χ2n) is 9.43. The fourth-order valence-corrected chi connectivity index (χ4v) is 9.68. The predicted molar refractivity (Wildman–Crippen MR) is 136 cm³/mol. The summed E-state index contributed by atoms with van der Waals surface area (Å²) in [4.78, 5) is 43.4. The Hall–Kier alpha value is -1.55. The van der Waals surface area contributed by atoms with Gasteiger partial charge in [0.05, 0.1) is 39.9 Å². The van der Waals surface area contributed by atoms with E-state index in [9.17, 15) is 24.6 Å². The molecule has 0 radical (unpaired) electrons. The highest BCUT2D eigenvalue weighted by Crippen LogP contribution is 2.68. The Labute approximate surface area is 216 Å². The molecule has 3 aliphatic rings. The molecule has 3 saturated heterocycles. The fourth-order valence-electron chi connectivity index (χ4n) is 5.86. The Bertz CT molecular complexity index is 1020. The van der Waals surface area contributed by atoms with Gasteiger partial charge in [0.15, 0.2) is 0 Å². The van der Waals surface area contributed by atoms with E-state index in [4.69, 9.17) is 11.6 Å². The van der Waals surface area contributed by atoms with E-state index >= 15 is 0 Å². The van der Waals surface area contributed by atoms with Gasteiger partial charge in [-0.15, -0.1) is 18.3 Å². The van der Waals surface area contributed by atoms with Crippen molar-refractivity contribution >= 4 is 62.8 Å². The van der Waals surface area contributed by atoms with Gasteiger partial charge < -0.3 is 20.0 Å². The maximum atomic E-state index is 14.4. The molecule has 3 aliphatic heterocycles. The number of halogens is 2. The molecule has 1 spiro atoms. The number of carbonyl (C=O) groups is 3. The van der Waals surface area contributed by atoms with Gasteiger partial charge in [-0.2, -0.15) is 0 Å². The van der Waals surface area contributed by atoms with Crippen molar-refractivity contribution in [1.29, 1.82) is 0 Å². The van der Waals surface area contributed by atoms with Crippen LogP contribution in [-0.4, -0.2) is 73.0 Å². The average Bonchev–Trinajstić information content (AvgIpc) is 3.36. The maximum Gasteiger partial charge on any atom is 0.308 e. The normalized spacial score (nSPS) is 32.7. The molecule has 3 fully saturated rings. The number of aliphatic carboxylic acids is 1. The lowest BCUT2D eigenvalue weighted by Crippen LogP contribution is -2.59. The zero-order chi connectivity index (χ0) is 24.9. The van der Waals surface area contributed by atoms with Crippen molar-refractivity contribution < 1.29 is 24.6 Å². The number of amides is 2. The standard InChI is InChI=1S/C24H28BrClN2O5S/c1-4-9-27(15-8-6-5-7-14(15)26)22(31)20-24-10-13(25)19(34-24)17(23(32)33)18(24)21(30)28(20)16(11-29)12(2)3/h4-8,12-13,16-20,29H,1,9-11H2,2-3H3,(H,32,33)/t13?,16-,17-,18-,19-,20?,24?/m0/s1. The van der Waals surface area contributed by atoms with Crippen LogP contribution in [-0.2, 0) is 14.4 Å². The smallest absolute Gasteiger partial charge is 0.308 e. The van der Waals surface area contributed by atoms with Gasteiger partial charge in [0, 0.05) is 16.6 Å². The first-order valence-electron chi connectivity index (χ1n) is 11.2. The molecule has 0 aliphatic carbocycles. The van der Waals surface area contributed by atoms with Gasteiger partial charge in [-0.1, -0.05) is 59.6 Å². The second kappa shape index (κ2) is 9.48. The minimum absolute atomic E-state index is 0.141. The van der Waals surface area contributed by atoms with E-state index < -0.39 is 34.6 Å². The van der Waals surface area contributed by atoms with Gasteiger partial charge in [0.1, 0.15) is 6.04 Å². The number of carboxylic acid groups (broad SMARTS) is 1. The predicted octanol–water partition coefficient (Wildman–Crippen LogP) is 3.43. The molecule has 0 saturated carbocycles. The number of rotatable bonds is 8. The summed E-state index contributed by atoms with van der Waals surface area (Å²) in [6.45, 7) is 7.39. The molecular formula is C24H28BrClN2O5S. The summed E-state index contributed by atoms with van der Waals surface area (Å²) >= 11 is 11.5. The van der Waals surface area contributed by atoms with E-state index in [2.05, 4.69) is 22.5 Å². The minimum Gasteiger partial charge on any atom is -0.481 e. The third-order valence-corrected chi connectivity index (χ3v) is 10.8. The van der Waals surface area contributed by atoms with Crippen LogP contribution in [0.3, 0.4) is 0 Å². The van der Waals surface area contributed by atoms with Crippen LogP contribution >= 0.6 is 39.3 Å². The summed E-state index contributed by atoms with van der Waals surface area (Å²) in [7, 11) is 0. The lowest BCUT2D eigenvalue weighted by atomic mass is 9.71. The molecule has 2 N–H and O–H groups in total. The van der Waals surface area contributed by atoms with Crippen LogP contribution in [0.25, 0.3) is 0 Å². The number of carbonyl (C=O) groups excluding carboxylic acids is 2. The number of carboxylic acids is 1. The number of para-hydroxylation sites is 1. The zero-order valence-electron chi connectivity index (χ0n) is 18.9. The molecule has 2 bridgehead atoms. The zero-order valence-corrected chi connectivity index (χ0v) is 22.1. The van der Waals surface area contributed by atoms with Gasteiger partial charge in [0.2, 0.25) is 5.91 Å². The van der Waals surface area contributed by atoms with Crippen molar-refractivity contribution in [3.63, 3.8) is 0 Å². The molecule has 4 rings (SSSR count). The molecule has 2 amide bonds. The van der Waals surface area contributed by atoms with Crippen LogP contribution in [0.15, 0.2) is 36.9 Å². The molecule has 7 atom stereocenters. The number of benzene rings is 1. The average molecular weight is 572 g/mol. The molecule has 3 heterocycles. The maximum absolute atomic E-state index is 14.4. The van der Waals surface area contributed by atoms with Gasteiger partial charge in [-0.05, 0) is 24.5 Å². The van der Waals surface area contributed by atoms with Gasteiger partial charge in [-0.3, -0.25) is 14.4 Å². The van der Waals surface area contributed by atoms with E-state index in [1.807, 2.05) is 13.8 Å². The summed E-state index contributed by atoms with van der Waals surface area (Å²) in [5.74, 6) is -3.64. The molecule has 1 aromatic rings. The number of alkyl halides is 1. The van der Waals surface area contributed by atoms with E-state index in [0.29, 0.717) is 17.1 Å². The SMILES string of the molecule is C=CCN(C(=O)C1N([C@@H](CO)C(C)C)C(=O)[C@@H]2[C@H](C(=O)O)[C@H]3SC12CC3Br)c1ccccc1Cl. The van der Waals surface area contributed by atoms with Crippen molar-refractivity contribution in [2.45, 2.75) is 47.2 Å². The van der Waals surface area contributed by atoms with E-state index in [0.717, 1.165) is 0 Å². The largest absolute Gasteiger partial charge is 0.481 e. The van der Waals surface area contributed by atoms with E-state index in [1.165, 1.54) is 21.6 Å². The summed E-state index contributed by atoms with van der Waals surface area (Å²) in [5.41, 5.74) is 0.495. The number of nitrogens with zero attached hydrogens (tertiary/aromatic N) is 2. The number of aliphatic hydroxyl groups excluding tert-OH is 1. The lowest BCUT2D eigenvalue weighted by molar-refractivity contribution is -0.149. The summed E-state index contributed by atoms with van der Waals surface area (Å²) in [5, 5.41) is 20.4. The van der Waals surface area contributed by atoms with Crippen molar-refractivity contribution in [3.8, 4) is 0 Å². The highest BCUT2D eigenvalue weighted by atomic mass is 79.9. The van der Waals surface area contributed by atoms with Crippen molar-refractivity contribution in [1.82, 2.24) is 4.90 Å². The number of aliphatic hydroxyl groups is 1. The minimum atomic E-state index is -1.03. The first-order chi connectivity index (χ1) is 16.1. The van der Waals surface area contributed by atoms with Gasteiger partial charge in [0.25, 0.3) is 5.91 Å². The quantitative estimate of drug-likeness (QED) is 0.367. The Morgan fingerprint density at radius 2 is 2.09 bits per heavy atom. The Kier molecular flexibility index (Phi) is 7.12. The molecule has 184 valence electrons. The van der Waals surface area contributed by atoms with Crippen LogP contribution in [0, 0.1) is 17.8 Å². The summed E-state index contributed by atoms with van der Waals surface area (Å²) < 4.78 is -0.918. The third-order valence-electron chi connectivity index (χ3n) is 7.28. The van der Waals surface area contributed by atoms with Crippen molar-refractivity contribution in [3.05, 3.63) is 41.9 Å². The van der Waals surface area contributed by atoms with Crippen LogP contribution in [0.2, 0.25) is 5.02 Å². The molecule has 1 aromatic carbocycles. The van der Waals surface area contributed by atoms with Crippen LogP contribution in [0.1, 0.15) is 20.3 Å². The molecule has 0 aromatic heterocycles. The number of anilines is 1.